The van der Waals surface area contributed by atoms with E-state index in [2.05, 4.69) is 6.58 Å². The van der Waals surface area contributed by atoms with Gasteiger partial charge >= 0.3 is 17.9 Å². The van der Waals surface area contributed by atoms with Crippen LogP contribution in [0.4, 0.5) is 0 Å². The predicted octanol–water partition coefficient (Wildman–Crippen LogP) is 1.95. The fourth-order valence-electron chi connectivity index (χ4n) is 5.14. The lowest BCUT2D eigenvalue weighted by molar-refractivity contribution is -0.175. The first-order valence-corrected chi connectivity index (χ1v) is 9.06. The van der Waals surface area contributed by atoms with Gasteiger partial charge in [0.1, 0.15) is 17.8 Å². The lowest BCUT2D eigenvalue weighted by atomic mass is 9.75. The van der Waals surface area contributed by atoms with Crippen LogP contribution in [-0.2, 0) is 33.3 Å². The fourth-order valence-corrected chi connectivity index (χ4v) is 5.14. The maximum absolute atomic E-state index is 12.3. The lowest BCUT2D eigenvalue weighted by Crippen LogP contribution is -2.48. The Morgan fingerprint density at radius 2 is 1.93 bits per heavy atom. The SMILES string of the molecule is C=C1C(=O)OC2C1C(OC(C)=O)CC(C)(OC(C)=O)C1C(OC)C=C(C)C21. The van der Waals surface area contributed by atoms with Crippen LogP contribution in [0, 0.1) is 17.8 Å². The van der Waals surface area contributed by atoms with Crippen LogP contribution in [-0.4, -0.2) is 48.9 Å². The molecular formula is C20H26O7. The minimum atomic E-state index is -0.970. The Labute approximate surface area is 158 Å². The van der Waals surface area contributed by atoms with Crippen molar-refractivity contribution < 1.29 is 33.3 Å². The van der Waals surface area contributed by atoms with E-state index >= 15 is 0 Å². The molecule has 1 heterocycles. The van der Waals surface area contributed by atoms with Crippen molar-refractivity contribution in [2.75, 3.05) is 7.11 Å². The Bertz CT molecular complexity index is 724. The van der Waals surface area contributed by atoms with Gasteiger partial charge in [-0.3, -0.25) is 9.59 Å². The van der Waals surface area contributed by atoms with Crippen LogP contribution in [0.2, 0.25) is 0 Å². The van der Waals surface area contributed by atoms with Crippen LogP contribution in [0.3, 0.4) is 0 Å². The third-order valence-corrected chi connectivity index (χ3v) is 5.99. The second-order valence-corrected chi connectivity index (χ2v) is 7.84. The zero-order chi connectivity index (χ0) is 20.1. The maximum atomic E-state index is 12.3. The van der Waals surface area contributed by atoms with Crippen molar-refractivity contribution in [3.63, 3.8) is 0 Å². The lowest BCUT2D eigenvalue weighted by Gasteiger charge is -2.40. The highest BCUT2D eigenvalue weighted by Crippen LogP contribution is 2.54. The van der Waals surface area contributed by atoms with Crippen molar-refractivity contribution in [1.29, 1.82) is 0 Å². The largest absolute Gasteiger partial charge is 0.462 e. The molecule has 0 N–H and O–H groups in total. The van der Waals surface area contributed by atoms with Crippen LogP contribution in [0.15, 0.2) is 23.8 Å². The van der Waals surface area contributed by atoms with Gasteiger partial charge in [0.25, 0.3) is 0 Å². The number of ether oxygens (including phenoxy) is 4. The highest BCUT2D eigenvalue weighted by atomic mass is 16.6. The van der Waals surface area contributed by atoms with Gasteiger partial charge in [-0.15, -0.1) is 0 Å². The molecule has 1 saturated carbocycles. The second kappa shape index (κ2) is 6.78. The van der Waals surface area contributed by atoms with Crippen molar-refractivity contribution >= 4 is 17.9 Å². The van der Waals surface area contributed by atoms with Crippen molar-refractivity contribution in [3.8, 4) is 0 Å². The maximum Gasteiger partial charge on any atom is 0.334 e. The Hall–Kier alpha value is -2.15. The van der Waals surface area contributed by atoms with Gasteiger partial charge in [0.05, 0.1) is 12.0 Å². The van der Waals surface area contributed by atoms with Crippen molar-refractivity contribution in [2.24, 2.45) is 17.8 Å². The van der Waals surface area contributed by atoms with Crippen LogP contribution in [0.25, 0.3) is 0 Å². The molecule has 0 aromatic carbocycles. The van der Waals surface area contributed by atoms with Crippen molar-refractivity contribution in [1.82, 2.24) is 0 Å². The molecule has 0 bridgehead atoms. The van der Waals surface area contributed by atoms with Gasteiger partial charge in [0, 0.05) is 44.8 Å². The van der Waals surface area contributed by atoms with Crippen molar-refractivity contribution in [3.05, 3.63) is 23.8 Å². The first-order valence-electron chi connectivity index (χ1n) is 9.06. The molecule has 7 nitrogen and oxygen atoms in total. The molecule has 0 radical (unpaired) electrons. The van der Waals surface area contributed by atoms with E-state index in [0.717, 1.165) is 5.57 Å². The molecule has 7 unspecified atom stereocenters. The van der Waals surface area contributed by atoms with Gasteiger partial charge in [0.2, 0.25) is 0 Å². The van der Waals surface area contributed by atoms with Gasteiger partial charge in [-0.2, -0.15) is 0 Å². The molecule has 7 heteroatoms. The topological polar surface area (TPSA) is 88.1 Å². The molecule has 0 spiro atoms. The molecule has 3 rings (SSSR count). The average molecular weight is 378 g/mol. The Kier molecular flexibility index (Phi) is 4.93. The summed E-state index contributed by atoms with van der Waals surface area (Å²) >= 11 is 0. The number of carbonyl (C=O) groups is 3. The number of hydrogen-bond acceptors (Lipinski definition) is 7. The minimum Gasteiger partial charge on any atom is -0.462 e. The summed E-state index contributed by atoms with van der Waals surface area (Å²) in [6.07, 6.45) is 0.656. The molecule has 27 heavy (non-hydrogen) atoms. The molecule has 7 atom stereocenters. The van der Waals surface area contributed by atoms with E-state index in [4.69, 9.17) is 18.9 Å². The number of carbonyl (C=O) groups excluding carboxylic acids is 3. The smallest absolute Gasteiger partial charge is 0.334 e. The van der Waals surface area contributed by atoms with E-state index in [1.54, 1.807) is 7.11 Å². The van der Waals surface area contributed by atoms with E-state index in [1.165, 1.54) is 13.8 Å². The fraction of sp³-hybridized carbons (Fsp3) is 0.650. The normalized spacial score (nSPS) is 40.4. The summed E-state index contributed by atoms with van der Waals surface area (Å²) in [5, 5.41) is 0. The quantitative estimate of drug-likeness (QED) is 0.321. The Morgan fingerprint density at radius 1 is 1.26 bits per heavy atom. The molecule has 0 aromatic rings. The molecule has 2 aliphatic carbocycles. The first-order chi connectivity index (χ1) is 12.6. The van der Waals surface area contributed by atoms with E-state index in [-0.39, 0.29) is 29.9 Å². The standard InChI is InChI=1S/C20H26O7/c1-9-7-13(24-6)17-15(9)18-16(10(2)19(23)26-18)14(25-11(3)21)8-20(17,5)27-12(4)22/h7,13-18H,2,8H2,1,3-6H3. The van der Waals surface area contributed by atoms with Crippen LogP contribution >= 0.6 is 0 Å². The summed E-state index contributed by atoms with van der Waals surface area (Å²) in [5.41, 5.74) is 0.305. The number of hydrogen-bond donors (Lipinski definition) is 0. The summed E-state index contributed by atoms with van der Waals surface area (Å²) in [7, 11) is 1.59. The summed E-state index contributed by atoms with van der Waals surface area (Å²) in [5.74, 6) is -2.39. The third-order valence-electron chi connectivity index (χ3n) is 5.99. The molecule has 2 fully saturated rings. The summed E-state index contributed by atoms with van der Waals surface area (Å²) in [6.45, 7) is 10.3. The molecule has 3 aliphatic rings. The van der Waals surface area contributed by atoms with Crippen molar-refractivity contribution in [2.45, 2.75) is 58.0 Å². The predicted molar refractivity (Wildman–Crippen MR) is 94.4 cm³/mol. The van der Waals surface area contributed by atoms with Gasteiger partial charge in [-0.25, -0.2) is 4.79 Å². The summed E-state index contributed by atoms with van der Waals surface area (Å²) < 4.78 is 22.7. The summed E-state index contributed by atoms with van der Waals surface area (Å²) in [4.78, 5) is 35.9. The van der Waals surface area contributed by atoms with E-state index in [0.29, 0.717) is 0 Å². The van der Waals surface area contributed by atoms with Gasteiger partial charge < -0.3 is 18.9 Å². The summed E-state index contributed by atoms with van der Waals surface area (Å²) in [6, 6.07) is 0. The molecule has 148 valence electrons. The van der Waals surface area contributed by atoms with E-state index < -0.39 is 41.6 Å². The van der Waals surface area contributed by atoms with E-state index in [9.17, 15) is 14.4 Å². The van der Waals surface area contributed by atoms with Gasteiger partial charge in [-0.1, -0.05) is 18.2 Å². The Balaban J connectivity index is 2.14. The highest BCUT2D eigenvalue weighted by molar-refractivity contribution is 5.91. The molecule has 0 aromatic heterocycles. The third kappa shape index (κ3) is 3.18. The molecule has 0 amide bonds. The van der Waals surface area contributed by atoms with Gasteiger partial charge in [-0.05, 0) is 13.8 Å². The number of esters is 3. The minimum absolute atomic E-state index is 0.227. The zero-order valence-corrected chi connectivity index (χ0v) is 16.3. The Morgan fingerprint density at radius 3 is 2.48 bits per heavy atom. The van der Waals surface area contributed by atoms with Gasteiger partial charge in [0.15, 0.2) is 0 Å². The average Bonchev–Trinajstić information content (AvgIpc) is 2.99. The molecule has 1 saturated heterocycles. The van der Waals surface area contributed by atoms with Crippen LogP contribution < -0.4 is 0 Å². The van der Waals surface area contributed by atoms with Crippen LogP contribution in [0.1, 0.15) is 34.1 Å². The monoisotopic (exact) mass is 378 g/mol. The van der Waals surface area contributed by atoms with E-state index in [1.807, 2.05) is 19.9 Å². The number of rotatable bonds is 3. The molecular weight excluding hydrogens is 352 g/mol. The number of methoxy groups -OCH3 is 1. The first kappa shape index (κ1) is 19.6. The molecule has 1 aliphatic heterocycles. The zero-order valence-electron chi connectivity index (χ0n) is 16.3. The highest BCUT2D eigenvalue weighted by Gasteiger charge is 2.62. The van der Waals surface area contributed by atoms with Crippen LogP contribution in [0.5, 0.6) is 0 Å². The second-order valence-electron chi connectivity index (χ2n) is 7.84. The number of fused-ring (bicyclic) bond motifs is 3.